The monoisotopic (exact) mass is 300 g/mol. The number of halogens is 1. The van der Waals surface area contributed by atoms with Crippen molar-refractivity contribution in [1.82, 2.24) is 10.2 Å². The highest BCUT2D eigenvalue weighted by atomic mass is 79.9. The van der Waals surface area contributed by atoms with Gasteiger partial charge in [-0.05, 0) is 61.8 Å². The van der Waals surface area contributed by atoms with Crippen LogP contribution in [0.1, 0.15) is 31.4 Å². The summed E-state index contributed by atoms with van der Waals surface area (Å²) in [6, 6.07) is 3.37. The smallest absolute Gasteiger partial charge is 0.131 e. The zero-order chi connectivity index (χ0) is 12.3. The Morgan fingerprint density at radius 3 is 2.65 bits per heavy atom. The molecule has 1 aromatic heterocycles. The second-order valence-electron chi connectivity index (χ2n) is 4.90. The Morgan fingerprint density at radius 2 is 2.12 bits per heavy atom. The normalized spacial score (nSPS) is 25.4. The highest BCUT2D eigenvalue weighted by molar-refractivity contribution is 9.10. The molecular formula is C13H21BrN2O. The summed E-state index contributed by atoms with van der Waals surface area (Å²) in [5.74, 6) is 1.03. The molecule has 1 aromatic rings. The van der Waals surface area contributed by atoms with Crippen LogP contribution in [0.15, 0.2) is 21.2 Å². The van der Waals surface area contributed by atoms with Crippen LogP contribution in [0.3, 0.4) is 0 Å². The molecule has 17 heavy (non-hydrogen) atoms. The standard InChI is InChI=1S/C13H21BrN2O/c1-15-10-3-5-11(6-4-10)16(2)9-13-12(14)7-8-17-13/h7-8,10-11,15H,3-6,9H2,1-2H3. The molecule has 2 rings (SSSR count). The van der Waals surface area contributed by atoms with E-state index in [2.05, 4.69) is 40.2 Å². The molecule has 0 amide bonds. The third-order valence-corrected chi connectivity index (χ3v) is 4.52. The van der Waals surface area contributed by atoms with Crippen molar-refractivity contribution < 1.29 is 4.42 Å². The molecule has 0 saturated heterocycles. The Labute approximate surface area is 112 Å². The number of hydrogen-bond acceptors (Lipinski definition) is 3. The van der Waals surface area contributed by atoms with Crippen molar-refractivity contribution in [3.05, 3.63) is 22.6 Å². The maximum absolute atomic E-state index is 5.47. The minimum absolute atomic E-state index is 0.691. The quantitative estimate of drug-likeness (QED) is 0.926. The summed E-state index contributed by atoms with van der Waals surface area (Å²) in [4.78, 5) is 2.41. The lowest BCUT2D eigenvalue weighted by atomic mass is 9.90. The largest absolute Gasteiger partial charge is 0.467 e. The van der Waals surface area contributed by atoms with Gasteiger partial charge in [-0.15, -0.1) is 0 Å². The van der Waals surface area contributed by atoms with Crippen LogP contribution in [0.2, 0.25) is 0 Å². The van der Waals surface area contributed by atoms with Crippen LogP contribution >= 0.6 is 15.9 Å². The lowest BCUT2D eigenvalue weighted by Crippen LogP contribution is -2.39. The van der Waals surface area contributed by atoms with Gasteiger partial charge in [-0.25, -0.2) is 0 Å². The minimum Gasteiger partial charge on any atom is -0.467 e. The second kappa shape index (κ2) is 6.03. The van der Waals surface area contributed by atoms with Gasteiger partial charge in [0.2, 0.25) is 0 Å². The average molecular weight is 301 g/mol. The van der Waals surface area contributed by atoms with Crippen LogP contribution in [0.25, 0.3) is 0 Å². The van der Waals surface area contributed by atoms with Gasteiger partial charge in [0.25, 0.3) is 0 Å². The first-order chi connectivity index (χ1) is 8.20. The third kappa shape index (κ3) is 3.33. The summed E-state index contributed by atoms with van der Waals surface area (Å²) in [5.41, 5.74) is 0. The topological polar surface area (TPSA) is 28.4 Å². The third-order valence-electron chi connectivity index (χ3n) is 3.81. The van der Waals surface area contributed by atoms with Crippen molar-refractivity contribution in [2.75, 3.05) is 14.1 Å². The van der Waals surface area contributed by atoms with Gasteiger partial charge in [0, 0.05) is 12.1 Å². The van der Waals surface area contributed by atoms with Crippen LogP contribution < -0.4 is 5.32 Å². The Bertz CT molecular complexity index is 345. The van der Waals surface area contributed by atoms with Crippen molar-refractivity contribution in [2.45, 2.75) is 44.3 Å². The maximum Gasteiger partial charge on any atom is 0.131 e. The van der Waals surface area contributed by atoms with E-state index in [1.807, 2.05) is 6.07 Å². The molecule has 4 heteroatoms. The molecule has 0 aliphatic heterocycles. The van der Waals surface area contributed by atoms with E-state index >= 15 is 0 Å². The molecule has 1 aliphatic carbocycles. The average Bonchev–Trinajstić information content (AvgIpc) is 2.75. The first-order valence-corrected chi connectivity index (χ1v) is 7.09. The van der Waals surface area contributed by atoms with Crippen molar-refractivity contribution in [2.24, 2.45) is 0 Å². The van der Waals surface area contributed by atoms with E-state index in [1.165, 1.54) is 25.7 Å². The van der Waals surface area contributed by atoms with E-state index in [9.17, 15) is 0 Å². The first kappa shape index (κ1) is 13.1. The van der Waals surface area contributed by atoms with Crippen LogP contribution in [-0.2, 0) is 6.54 Å². The number of furan rings is 1. The van der Waals surface area contributed by atoms with E-state index in [4.69, 9.17) is 4.42 Å². The molecule has 1 heterocycles. The van der Waals surface area contributed by atoms with Crippen LogP contribution in [0, 0.1) is 0 Å². The van der Waals surface area contributed by atoms with Crippen LogP contribution in [-0.4, -0.2) is 31.1 Å². The number of nitrogens with zero attached hydrogens (tertiary/aromatic N) is 1. The SMILES string of the molecule is CNC1CCC(N(C)Cc2occc2Br)CC1. The predicted molar refractivity (Wildman–Crippen MR) is 73.0 cm³/mol. The van der Waals surface area contributed by atoms with Gasteiger partial charge in [0.15, 0.2) is 0 Å². The molecule has 0 spiro atoms. The summed E-state index contributed by atoms with van der Waals surface area (Å²) in [5, 5.41) is 3.37. The first-order valence-electron chi connectivity index (χ1n) is 6.30. The Morgan fingerprint density at radius 1 is 1.41 bits per heavy atom. The fraction of sp³-hybridized carbons (Fsp3) is 0.692. The van der Waals surface area contributed by atoms with Gasteiger partial charge in [-0.2, -0.15) is 0 Å². The summed E-state index contributed by atoms with van der Waals surface area (Å²) in [7, 11) is 4.26. The van der Waals surface area contributed by atoms with Gasteiger partial charge >= 0.3 is 0 Å². The molecule has 1 fully saturated rings. The van der Waals surface area contributed by atoms with Gasteiger partial charge in [-0.3, -0.25) is 4.90 Å². The summed E-state index contributed by atoms with van der Waals surface area (Å²) in [6.07, 6.45) is 6.86. The van der Waals surface area contributed by atoms with Crippen molar-refractivity contribution in [3.63, 3.8) is 0 Å². The van der Waals surface area contributed by atoms with Crippen molar-refractivity contribution in [1.29, 1.82) is 0 Å². The highest BCUT2D eigenvalue weighted by Gasteiger charge is 2.23. The Kier molecular flexibility index (Phi) is 4.65. The van der Waals surface area contributed by atoms with E-state index in [0.29, 0.717) is 6.04 Å². The van der Waals surface area contributed by atoms with Gasteiger partial charge in [-0.1, -0.05) is 0 Å². The number of hydrogen-bond donors (Lipinski definition) is 1. The van der Waals surface area contributed by atoms with Gasteiger partial charge in [0.05, 0.1) is 17.3 Å². The molecule has 0 radical (unpaired) electrons. The molecule has 1 saturated carbocycles. The summed E-state index contributed by atoms with van der Waals surface area (Å²) < 4.78 is 6.54. The number of rotatable bonds is 4. The molecule has 0 aromatic carbocycles. The van der Waals surface area contributed by atoms with Crippen molar-refractivity contribution >= 4 is 15.9 Å². The minimum atomic E-state index is 0.691. The summed E-state index contributed by atoms with van der Waals surface area (Å²) in [6.45, 7) is 0.891. The lowest BCUT2D eigenvalue weighted by molar-refractivity contribution is 0.160. The molecule has 3 nitrogen and oxygen atoms in total. The summed E-state index contributed by atoms with van der Waals surface area (Å²) >= 11 is 3.51. The van der Waals surface area contributed by atoms with E-state index in [1.54, 1.807) is 6.26 Å². The van der Waals surface area contributed by atoms with Crippen molar-refractivity contribution in [3.8, 4) is 0 Å². The van der Waals surface area contributed by atoms with E-state index < -0.39 is 0 Å². The van der Waals surface area contributed by atoms with E-state index in [0.717, 1.165) is 22.8 Å². The maximum atomic E-state index is 5.47. The van der Waals surface area contributed by atoms with Gasteiger partial charge in [0.1, 0.15) is 5.76 Å². The fourth-order valence-corrected chi connectivity index (χ4v) is 2.93. The zero-order valence-electron chi connectivity index (χ0n) is 10.6. The van der Waals surface area contributed by atoms with Crippen LogP contribution in [0.4, 0.5) is 0 Å². The molecule has 0 unspecified atom stereocenters. The Hall–Kier alpha value is -0.320. The number of nitrogens with one attached hydrogen (secondary N) is 1. The van der Waals surface area contributed by atoms with Gasteiger partial charge < -0.3 is 9.73 Å². The second-order valence-corrected chi connectivity index (χ2v) is 5.76. The molecule has 96 valence electrons. The van der Waals surface area contributed by atoms with Crippen LogP contribution in [0.5, 0.6) is 0 Å². The lowest BCUT2D eigenvalue weighted by Gasteiger charge is -2.34. The van der Waals surface area contributed by atoms with E-state index in [-0.39, 0.29) is 0 Å². The molecule has 0 atom stereocenters. The molecule has 0 bridgehead atoms. The molecular weight excluding hydrogens is 280 g/mol. The molecule has 1 aliphatic rings. The highest BCUT2D eigenvalue weighted by Crippen LogP contribution is 2.25. The fourth-order valence-electron chi connectivity index (χ4n) is 2.60. The predicted octanol–water partition coefficient (Wildman–Crippen LogP) is 3.00. The zero-order valence-corrected chi connectivity index (χ0v) is 12.2. The Balaban J connectivity index is 1.85. The molecule has 1 N–H and O–H groups in total.